The fraction of sp³-hybridized carbons (Fsp3) is 0.673. The maximum atomic E-state index is 17.9. The number of carbonyl (C=O) groups excluding carboxylic acids is 1. The van der Waals surface area contributed by atoms with Gasteiger partial charge in [-0.25, -0.2) is 13.6 Å². The molecule has 0 aliphatic carbocycles. The molecule has 2 aromatic carbocycles. The van der Waals surface area contributed by atoms with Gasteiger partial charge >= 0.3 is 12.1 Å². The van der Waals surface area contributed by atoms with Crippen LogP contribution in [0.1, 0.15) is 132 Å². The Kier molecular flexibility index (Phi) is 15.0. The number of aliphatic hydroxyl groups is 1. The van der Waals surface area contributed by atoms with Crippen LogP contribution in [-0.2, 0) is 11.2 Å². The molecule has 1 N–H and O–H groups in total. The lowest BCUT2D eigenvalue weighted by Gasteiger charge is -2.42. The van der Waals surface area contributed by atoms with E-state index in [0.717, 1.165) is 76.5 Å². The average Bonchev–Trinajstić information content (AvgIpc) is 3.91. The zero-order chi connectivity index (χ0) is 49.5. The van der Waals surface area contributed by atoms with Gasteiger partial charge in [0.1, 0.15) is 41.8 Å². The van der Waals surface area contributed by atoms with E-state index in [1.54, 1.807) is 12.3 Å². The zero-order valence-corrected chi connectivity index (χ0v) is 44.3. The van der Waals surface area contributed by atoms with E-state index >= 15 is 8.78 Å². The number of nitrogens with zero attached hydrogens (tertiary/aromatic N) is 7. The number of hydrogen-bond donors (Lipinski definition) is 1. The summed E-state index contributed by atoms with van der Waals surface area (Å²) in [5.74, 6) is 0.698. The van der Waals surface area contributed by atoms with Crippen molar-refractivity contribution in [2.75, 3.05) is 70.5 Å². The van der Waals surface area contributed by atoms with Crippen LogP contribution in [0.2, 0.25) is 16.6 Å². The molecule has 0 spiro atoms. The quantitative estimate of drug-likeness (QED) is 0.115. The van der Waals surface area contributed by atoms with Gasteiger partial charge in [0, 0.05) is 50.5 Å². The van der Waals surface area contributed by atoms with Gasteiger partial charge in [0.2, 0.25) is 0 Å². The lowest BCUT2D eigenvalue weighted by molar-refractivity contribution is 0.0382. The molecule has 5 aliphatic rings. The monoisotopic (exact) mass is 984 g/mol. The third-order valence-corrected chi connectivity index (χ3v) is 23.1. The summed E-state index contributed by atoms with van der Waals surface area (Å²) in [7, 11) is -2.46. The van der Waals surface area contributed by atoms with Gasteiger partial charge in [0.05, 0.1) is 16.5 Å². The number of fused-ring (bicyclic) bond motifs is 3. The number of piperidine rings is 3. The van der Waals surface area contributed by atoms with E-state index in [9.17, 15) is 9.90 Å². The number of carbonyl (C=O) groups is 1. The number of pyridine rings is 1. The van der Waals surface area contributed by atoms with Crippen LogP contribution in [0.15, 0.2) is 30.5 Å². The van der Waals surface area contributed by atoms with Gasteiger partial charge in [-0.3, -0.25) is 9.88 Å². The number of ether oxygens (including phenoxy) is 2. The van der Waals surface area contributed by atoms with Crippen LogP contribution in [0, 0.1) is 17.6 Å². The van der Waals surface area contributed by atoms with Crippen LogP contribution in [0.25, 0.3) is 32.9 Å². The summed E-state index contributed by atoms with van der Waals surface area (Å²) in [6.45, 7) is 24.6. The standard InChI is InChI=1S/C55H79F2N7O5Si/c1-9-43-46(56)16-15-40-29-42(69-70(36(2)3,37(4)5)38(6)7)30-44(47(40)43)49-48(57)50-45(31-58-49)51(63-25-13-20-54(8,66)34-63)60-52(59-50)68-35-55-21-14-26-64(55)41(17-22-55)33-67-53(65)62-27-18-39(19-28-62)32-61-23-11-10-12-24-61/h15-16,29-31,36-39,41,66H,9-14,17-28,32-35H2,1-8H3/t41-,54+,55-/m0/s1. The normalized spacial score (nSPS) is 24.2. The van der Waals surface area contributed by atoms with E-state index in [4.69, 9.17) is 28.9 Å². The third-order valence-electron chi connectivity index (χ3n) is 17.1. The summed E-state index contributed by atoms with van der Waals surface area (Å²) < 4.78 is 53.6. The van der Waals surface area contributed by atoms with Crippen LogP contribution in [0.5, 0.6) is 11.8 Å². The Morgan fingerprint density at radius 3 is 2.31 bits per heavy atom. The predicted molar refractivity (Wildman–Crippen MR) is 276 cm³/mol. The van der Waals surface area contributed by atoms with Crippen molar-refractivity contribution >= 4 is 41.9 Å². The minimum absolute atomic E-state index is 0.0472. The Balaban J connectivity index is 1.00. The molecule has 4 aromatic rings. The summed E-state index contributed by atoms with van der Waals surface area (Å²) in [4.78, 5) is 37.0. The molecule has 0 unspecified atom stereocenters. The first-order chi connectivity index (χ1) is 33.5. The molecule has 5 saturated heterocycles. The van der Waals surface area contributed by atoms with Gasteiger partial charge in [-0.05, 0) is 154 Å². The molecule has 0 bridgehead atoms. The smallest absolute Gasteiger partial charge is 0.409 e. The number of hydrogen-bond acceptors (Lipinski definition) is 11. The molecule has 9 rings (SSSR count). The summed E-state index contributed by atoms with van der Waals surface area (Å²) in [5, 5.41) is 13.0. The van der Waals surface area contributed by atoms with E-state index < -0.39 is 19.7 Å². The van der Waals surface area contributed by atoms with Gasteiger partial charge < -0.3 is 33.7 Å². The van der Waals surface area contributed by atoms with Crippen molar-refractivity contribution in [2.24, 2.45) is 5.92 Å². The van der Waals surface area contributed by atoms with E-state index in [2.05, 4.69) is 51.3 Å². The van der Waals surface area contributed by atoms with Crippen LogP contribution in [0.4, 0.5) is 19.4 Å². The first kappa shape index (κ1) is 50.7. The highest BCUT2D eigenvalue weighted by Crippen LogP contribution is 2.47. The maximum Gasteiger partial charge on any atom is 0.409 e. The molecule has 5 fully saturated rings. The van der Waals surface area contributed by atoms with Gasteiger partial charge in [-0.15, -0.1) is 0 Å². The molecule has 3 atom stereocenters. The van der Waals surface area contributed by atoms with Crippen molar-refractivity contribution < 1.29 is 32.6 Å². The van der Waals surface area contributed by atoms with Crippen LogP contribution in [0.3, 0.4) is 0 Å². The van der Waals surface area contributed by atoms with E-state index in [1.165, 1.54) is 38.4 Å². The Morgan fingerprint density at radius 2 is 1.61 bits per heavy atom. The average molecular weight is 984 g/mol. The summed E-state index contributed by atoms with van der Waals surface area (Å²) in [5.41, 5.74) is 0.622. The molecule has 2 aromatic heterocycles. The number of amides is 1. The second-order valence-corrected chi connectivity index (χ2v) is 28.1. The molecule has 382 valence electrons. The number of anilines is 1. The minimum Gasteiger partial charge on any atom is -0.543 e. The first-order valence-corrected chi connectivity index (χ1v) is 29.0. The first-order valence-electron chi connectivity index (χ1n) is 26.8. The third kappa shape index (κ3) is 9.98. The zero-order valence-electron chi connectivity index (χ0n) is 43.3. The molecule has 0 radical (unpaired) electrons. The molecular weight excluding hydrogens is 905 g/mol. The van der Waals surface area contributed by atoms with Crippen LogP contribution in [-0.4, -0.2) is 132 Å². The van der Waals surface area contributed by atoms with Gasteiger partial charge in [-0.2, -0.15) is 9.97 Å². The molecular formula is C55H79F2N7O5Si. The predicted octanol–water partition coefficient (Wildman–Crippen LogP) is 11.3. The van der Waals surface area contributed by atoms with Crippen LogP contribution < -0.4 is 14.1 Å². The van der Waals surface area contributed by atoms with Crippen molar-refractivity contribution in [3.05, 3.63) is 47.7 Å². The number of β-amino-alcohol motifs (C(OH)–C–C–N with tert-alkyl or cyclic N) is 1. The van der Waals surface area contributed by atoms with E-state index in [0.29, 0.717) is 95.2 Å². The Labute approximate surface area is 416 Å². The SMILES string of the molecule is CCc1c(F)ccc2cc(O[Si](C(C)C)(C(C)C)C(C)C)cc(-c3ncc4c(N5CCC[C@@](C)(O)C5)nc(OC[C@@]56CCCN5[C@H](COC(=O)N5CCC(CN7CCCCC7)CC5)CC6)nc4c3F)c12. The largest absolute Gasteiger partial charge is 0.543 e. The highest BCUT2D eigenvalue weighted by Gasteiger charge is 2.51. The van der Waals surface area contributed by atoms with Gasteiger partial charge in [0.15, 0.2) is 5.82 Å². The van der Waals surface area contributed by atoms with Gasteiger partial charge in [-0.1, -0.05) is 61.0 Å². The second-order valence-electron chi connectivity index (χ2n) is 22.8. The van der Waals surface area contributed by atoms with Crippen molar-refractivity contribution in [3.8, 4) is 23.0 Å². The molecule has 0 saturated carbocycles. The maximum absolute atomic E-state index is 17.9. The molecule has 70 heavy (non-hydrogen) atoms. The Bertz CT molecular complexity index is 2490. The Hall–Kier alpha value is -4.18. The number of halogens is 2. The lowest BCUT2D eigenvalue weighted by atomic mass is 9.94. The molecule has 12 nitrogen and oxygen atoms in total. The number of rotatable bonds is 15. The lowest BCUT2D eigenvalue weighted by Crippen LogP contribution is -2.50. The minimum atomic E-state index is -2.46. The molecule has 5 aliphatic heterocycles. The van der Waals surface area contributed by atoms with Crippen molar-refractivity contribution in [1.29, 1.82) is 0 Å². The highest BCUT2D eigenvalue weighted by molar-refractivity contribution is 6.78. The van der Waals surface area contributed by atoms with Crippen LogP contribution >= 0.6 is 0 Å². The summed E-state index contributed by atoms with van der Waals surface area (Å²) in [6, 6.07) is 7.19. The Morgan fingerprint density at radius 1 is 0.886 bits per heavy atom. The topological polar surface area (TPSA) is 117 Å². The molecule has 15 heteroatoms. The summed E-state index contributed by atoms with van der Waals surface area (Å²) >= 11 is 0. The van der Waals surface area contributed by atoms with Crippen molar-refractivity contribution in [2.45, 2.75) is 166 Å². The fourth-order valence-electron chi connectivity index (χ4n) is 13.6. The van der Waals surface area contributed by atoms with E-state index in [1.807, 2.05) is 35.8 Å². The molecule has 7 heterocycles. The highest BCUT2D eigenvalue weighted by atomic mass is 28.4. The van der Waals surface area contributed by atoms with Crippen molar-refractivity contribution in [3.63, 3.8) is 0 Å². The fourth-order valence-corrected chi connectivity index (χ4v) is 18.8. The molecule has 1 amide bonds. The number of aromatic nitrogens is 3. The van der Waals surface area contributed by atoms with Gasteiger partial charge in [0.25, 0.3) is 8.32 Å². The number of aryl methyl sites for hydroxylation is 1. The number of benzene rings is 2. The van der Waals surface area contributed by atoms with Crippen molar-refractivity contribution in [1.82, 2.24) is 29.7 Å². The van der Waals surface area contributed by atoms with E-state index in [-0.39, 0.29) is 40.7 Å². The summed E-state index contributed by atoms with van der Waals surface area (Å²) in [6.07, 6.45) is 12.8. The number of likely N-dealkylation sites (tertiary alicyclic amines) is 2. The second kappa shape index (κ2) is 20.7.